The van der Waals surface area contributed by atoms with E-state index >= 15 is 0 Å². The van der Waals surface area contributed by atoms with Crippen LogP contribution in [-0.4, -0.2) is 42.6 Å². The number of hydrogen-bond donors (Lipinski definition) is 0. The van der Waals surface area contributed by atoms with Gasteiger partial charge in [0.05, 0.1) is 32.3 Å². The minimum absolute atomic E-state index is 0.103. The van der Waals surface area contributed by atoms with E-state index in [-0.39, 0.29) is 34.8 Å². The Morgan fingerprint density at radius 1 is 0.976 bits per heavy atom. The molecular weight excluding hydrogens is 538 g/mol. The first-order chi connectivity index (χ1) is 20.2. The van der Waals surface area contributed by atoms with Crippen LogP contribution in [0.4, 0.5) is 0 Å². The van der Waals surface area contributed by atoms with Crippen molar-refractivity contribution in [3.8, 4) is 17.2 Å². The van der Waals surface area contributed by atoms with Crippen LogP contribution < -0.4 is 19.8 Å². The molecule has 5 rings (SSSR count). The normalized spacial score (nSPS) is 19.8. The predicted octanol–water partition coefficient (Wildman–Crippen LogP) is 5.48. The van der Waals surface area contributed by atoms with Crippen LogP contribution in [0.1, 0.15) is 84.8 Å². The number of esters is 2. The number of carbonyl (C=O) groups excluding carboxylic acids is 3. The smallest absolute Gasteiger partial charge is 0.342 e. The molecule has 220 valence electrons. The number of nitrogens with zero attached hydrogens (tertiary/aromatic N) is 1. The number of allylic oxidation sites excluding steroid dienone is 1. The zero-order chi connectivity index (χ0) is 30.0. The van der Waals surface area contributed by atoms with Gasteiger partial charge in [-0.1, -0.05) is 12.2 Å². The highest BCUT2D eigenvalue weighted by Gasteiger charge is 2.37. The van der Waals surface area contributed by atoms with Crippen molar-refractivity contribution in [1.82, 2.24) is 4.57 Å². The van der Waals surface area contributed by atoms with E-state index in [1.807, 2.05) is 18.2 Å². The molecule has 0 radical (unpaired) electrons. The Labute approximate surface area is 244 Å². The van der Waals surface area contributed by atoms with E-state index in [0.717, 1.165) is 5.39 Å². The molecule has 0 fully saturated rings. The van der Waals surface area contributed by atoms with E-state index in [9.17, 15) is 19.2 Å². The van der Waals surface area contributed by atoms with Gasteiger partial charge in [-0.15, -0.1) is 0 Å². The number of methoxy groups -OCH3 is 2. The number of ether oxygens (including phenoxy) is 4. The molecule has 1 unspecified atom stereocenters. The van der Waals surface area contributed by atoms with Gasteiger partial charge in [0.1, 0.15) is 28.6 Å². The second-order valence-electron chi connectivity index (χ2n) is 10.8. The van der Waals surface area contributed by atoms with E-state index in [0.29, 0.717) is 66.5 Å². The minimum Gasteiger partial charge on any atom is -0.497 e. The summed E-state index contributed by atoms with van der Waals surface area (Å²) in [5.74, 6) is -0.544. The van der Waals surface area contributed by atoms with Crippen LogP contribution >= 0.6 is 0 Å². The highest BCUT2D eigenvalue weighted by Crippen LogP contribution is 2.47. The minimum atomic E-state index is -0.722. The Kier molecular flexibility index (Phi) is 8.47. The molecule has 2 aliphatic rings. The second kappa shape index (κ2) is 12.2. The molecule has 3 aromatic rings. The van der Waals surface area contributed by atoms with Crippen molar-refractivity contribution in [3.63, 3.8) is 0 Å². The van der Waals surface area contributed by atoms with Crippen molar-refractivity contribution in [1.29, 1.82) is 0 Å². The zero-order valence-electron chi connectivity index (χ0n) is 24.4. The molecule has 0 N–H and O–H groups in total. The van der Waals surface area contributed by atoms with E-state index in [4.69, 9.17) is 18.9 Å². The molecule has 3 heterocycles. The zero-order valence-corrected chi connectivity index (χ0v) is 24.4. The summed E-state index contributed by atoms with van der Waals surface area (Å²) in [6.45, 7) is 1.80. The summed E-state index contributed by atoms with van der Waals surface area (Å²) in [7, 11) is 4.69. The van der Waals surface area contributed by atoms with Crippen molar-refractivity contribution in [3.05, 3.63) is 69.0 Å². The number of cyclic esters (lactones) is 1. The summed E-state index contributed by atoms with van der Waals surface area (Å²) in [4.78, 5) is 52.5. The summed E-state index contributed by atoms with van der Waals surface area (Å²) in [5.41, 5.74) is 1.91. The molecule has 0 aliphatic carbocycles. The molecule has 0 bridgehead atoms. The number of aryl methyl sites for hydroxylation is 1. The molecule has 9 heteroatoms. The first-order valence-corrected chi connectivity index (χ1v) is 14.2. The largest absolute Gasteiger partial charge is 0.497 e. The van der Waals surface area contributed by atoms with Gasteiger partial charge in [-0.05, 0) is 67.8 Å². The van der Waals surface area contributed by atoms with Crippen LogP contribution in [0.15, 0.2) is 41.2 Å². The third-order valence-electron chi connectivity index (χ3n) is 8.00. The average Bonchev–Trinajstić information content (AvgIpc) is 2.96. The number of aromatic nitrogens is 1. The Bertz CT molecular complexity index is 1650. The van der Waals surface area contributed by atoms with Gasteiger partial charge in [-0.3, -0.25) is 14.4 Å². The molecule has 2 atom stereocenters. The van der Waals surface area contributed by atoms with Crippen molar-refractivity contribution < 1.29 is 33.3 Å². The molecule has 0 saturated heterocycles. The summed E-state index contributed by atoms with van der Waals surface area (Å²) in [6, 6.07) is 8.86. The number of hydrogen-bond acceptors (Lipinski definition) is 8. The summed E-state index contributed by atoms with van der Waals surface area (Å²) < 4.78 is 24.3. The number of fused-ring (bicyclic) bond motifs is 3. The number of rotatable bonds is 3. The number of benzene rings is 2. The highest BCUT2D eigenvalue weighted by molar-refractivity contribution is 5.99. The number of ketones is 1. The number of carbonyl (C=O) groups is 3. The summed E-state index contributed by atoms with van der Waals surface area (Å²) in [5, 5.41) is 0.792. The van der Waals surface area contributed by atoms with Gasteiger partial charge in [-0.2, -0.15) is 0 Å². The molecule has 0 saturated carbocycles. The molecule has 0 spiro atoms. The third-order valence-corrected chi connectivity index (χ3v) is 8.00. The molecular formula is C33H35NO8. The maximum absolute atomic E-state index is 13.7. The Morgan fingerprint density at radius 3 is 2.52 bits per heavy atom. The van der Waals surface area contributed by atoms with Gasteiger partial charge in [0.25, 0.3) is 5.56 Å². The van der Waals surface area contributed by atoms with Crippen LogP contribution in [0.5, 0.6) is 17.2 Å². The maximum atomic E-state index is 13.7. The van der Waals surface area contributed by atoms with Gasteiger partial charge in [0.15, 0.2) is 0 Å². The van der Waals surface area contributed by atoms with E-state index in [1.165, 1.54) is 11.7 Å². The van der Waals surface area contributed by atoms with Gasteiger partial charge in [0.2, 0.25) is 0 Å². The van der Waals surface area contributed by atoms with Crippen molar-refractivity contribution in [2.75, 3.05) is 14.2 Å². The lowest BCUT2D eigenvalue weighted by molar-refractivity contribution is -0.135. The van der Waals surface area contributed by atoms with Gasteiger partial charge < -0.3 is 23.5 Å². The van der Waals surface area contributed by atoms with E-state index in [1.54, 1.807) is 45.4 Å². The quantitative estimate of drug-likeness (QED) is 0.299. The Morgan fingerprint density at radius 2 is 1.76 bits per heavy atom. The fraction of sp³-hybridized carbons (Fsp3) is 0.394. The van der Waals surface area contributed by atoms with Crippen molar-refractivity contribution >= 4 is 34.7 Å². The van der Waals surface area contributed by atoms with Gasteiger partial charge in [0, 0.05) is 43.0 Å². The SMILES string of the molecule is COc1ccc2cc(C3CC(=O)Oc4cc5c(c(OC)c43)C(=O)O[C@@H](C)CCCC(=O)CCCC=C5)c(=O)n(C)c2c1. The fourth-order valence-electron chi connectivity index (χ4n) is 5.82. The monoisotopic (exact) mass is 573 g/mol. The van der Waals surface area contributed by atoms with Crippen LogP contribution in [0.2, 0.25) is 0 Å². The molecule has 9 nitrogen and oxygen atoms in total. The topological polar surface area (TPSA) is 110 Å². The Balaban J connectivity index is 1.69. The molecule has 2 aromatic carbocycles. The average molecular weight is 574 g/mol. The molecule has 1 aromatic heterocycles. The summed E-state index contributed by atoms with van der Waals surface area (Å²) in [6.07, 6.45) is 6.58. The molecule has 42 heavy (non-hydrogen) atoms. The summed E-state index contributed by atoms with van der Waals surface area (Å²) >= 11 is 0. The lowest BCUT2D eigenvalue weighted by Gasteiger charge is -2.29. The van der Waals surface area contributed by atoms with E-state index < -0.39 is 24.0 Å². The Hall–Kier alpha value is -4.40. The fourth-order valence-corrected chi connectivity index (χ4v) is 5.82. The third kappa shape index (κ3) is 5.68. The van der Waals surface area contributed by atoms with E-state index in [2.05, 4.69) is 0 Å². The molecule has 2 aliphatic heterocycles. The lowest BCUT2D eigenvalue weighted by Crippen LogP contribution is -2.29. The second-order valence-corrected chi connectivity index (χ2v) is 10.8. The van der Waals surface area contributed by atoms with Gasteiger partial charge >= 0.3 is 11.9 Å². The first kappa shape index (κ1) is 29.1. The van der Waals surface area contributed by atoms with Crippen LogP contribution in [0.3, 0.4) is 0 Å². The lowest BCUT2D eigenvalue weighted by atomic mass is 9.83. The maximum Gasteiger partial charge on any atom is 0.342 e. The predicted molar refractivity (Wildman–Crippen MR) is 157 cm³/mol. The number of Topliss-reactive ketones (excluding diaryl/α,β-unsaturated/α-hetero) is 1. The van der Waals surface area contributed by atoms with Crippen LogP contribution in [0, 0.1) is 0 Å². The van der Waals surface area contributed by atoms with Gasteiger partial charge in [-0.25, -0.2) is 4.79 Å². The molecule has 0 amide bonds. The highest BCUT2D eigenvalue weighted by atomic mass is 16.5. The number of pyridine rings is 1. The first-order valence-electron chi connectivity index (χ1n) is 14.2. The van der Waals surface area contributed by atoms with Crippen LogP contribution in [0.25, 0.3) is 17.0 Å². The van der Waals surface area contributed by atoms with Crippen LogP contribution in [-0.2, 0) is 21.4 Å². The standard InChI is InChI=1S/C33H35NO8/c1-19-9-8-12-22(35)11-7-5-6-10-21-16-27-30(31(40-4)29(21)33(38)41-19)24(18-28(36)42-27)25-15-20-13-14-23(39-3)17-26(20)34(2)32(25)37/h6,10,13-17,19,24H,5,7-9,11-12,18H2,1-4H3/t19-,24?/m0/s1. The van der Waals surface area contributed by atoms with Crippen molar-refractivity contribution in [2.45, 2.75) is 63.9 Å². The van der Waals surface area contributed by atoms with Crippen molar-refractivity contribution in [2.24, 2.45) is 7.05 Å².